The molecule has 1 N–H and O–H groups in total. The molecule has 180 valence electrons. The maximum Gasteiger partial charge on any atom is 0.258 e. The van der Waals surface area contributed by atoms with Gasteiger partial charge in [0.1, 0.15) is 13.2 Å². The zero-order valence-corrected chi connectivity index (χ0v) is 21.0. The zero-order chi connectivity index (χ0) is 24.8. The predicted octanol–water partition coefficient (Wildman–Crippen LogP) is 5.43. The Labute approximate surface area is 215 Å². The number of aromatic nitrogens is 1. The normalized spacial score (nSPS) is 16.8. The molecular formula is C28H22BrN3O4. The van der Waals surface area contributed by atoms with Crippen molar-refractivity contribution < 1.29 is 14.3 Å². The van der Waals surface area contributed by atoms with Crippen LogP contribution in [0, 0.1) is 0 Å². The highest BCUT2D eigenvalue weighted by Gasteiger charge is 2.34. The molecule has 0 saturated heterocycles. The SMILES string of the molecule is CC(=O)N1N=C(c2c(-c3ccccc3)c3cc(Br)ccc3[nH]c2=O)CC1c1ccc2c(c1)OCCO2. The third-order valence-corrected chi connectivity index (χ3v) is 7.00. The quantitative estimate of drug-likeness (QED) is 0.373. The fourth-order valence-corrected chi connectivity index (χ4v) is 5.28. The predicted molar refractivity (Wildman–Crippen MR) is 142 cm³/mol. The molecule has 0 bridgehead atoms. The molecule has 0 radical (unpaired) electrons. The van der Waals surface area contributed by atoms with Crippen molar-refractivity contribution in [3.05, 3.63) is 92.7 Å². The van der Waals surface area contributed by atoms with E-state index in [2.05, 4.69) is 20.9 Å². The van der Waals surface area contributed by atoms with Gasteiger partial charge in [0.25, 0.3) is 5.56 Å². The van der Waals surface area contributed by atoms with Crippen LogP contribution in [0.1, 0.15) is 30.5 Å². The Kier molecular flexibility index (Phi) is 5.60. The first kappa shape index (κ1) is 22.5. The number of nitrogens with one attached hydrogen (secondary N) is 1. The molecule has 1 amide bonds. The molecule has 1 unspecified atom stereocenters. The monoisotopic (exact) mass is 543 g/mol. The lowest BCUT2D eigenvalue weighted by atomic mass is 9.91. The van der Waals surface area contributed by atoms with Crippen molar-refractivity contribution in [3.8, 4) is 22.6 Å². The fourth-order valence-electron chi connectivity index (χ4n) is 4.92. The molecule has 0 spiro atoms. The molecule has 0 saturated carbocycles. The van der Waals surface area contributed by atoms with E-state index in [1.807, 2.05) is 66.7 Å². The second kappa shape index (κ2) is 8.95. The Balaban J connectivity index is 1.52. The van der Waals surface area contributed by atoms with Gasteiger partial charge in [0.05, 0.1) is 17.3 Å². The van der Waals surface area contributed by atoms with Gasteiger partial charge in [-0.2, -0.15) is 5.10 Å². The van der Waals surface area contributed by atoms with E-state index >= 15 is 0 Å². The lowest BCUT2D eigenvalue weighted by Crippen LogP contribution is -2.24. The number of carbonyl (C=O) groups excluding carboxylic acids is 1. The van der Waals surface area contributed by atoms with Crippen molar-refractivity contribution in [2.75, 3.05) is 13.2 Å². The summed E-state index contributed by atoms with van der Waals surface area (Å²) in [6, 6.07) is 20.9. The molecular weight excluding hydrogens is 522 g/mol. The van der Waals surface area contributed by atoms with E-state index < -0.39 is 0 Å². The summed E-state index contributed by atoms with van der Waals surface area (Å²) in [7, 11) is 0. The summed E-state index contributed by atoms with van der Waals surface area (Å²) in [5.74, 6) is 1.13. The molecule has 3 aromatic carbocycles. The van der Waals surface area contributed by atoms with Gasteiger partial charge in [-0.3, -0.25) is 9.59 Å². The number of aromatic amines is 1. The minimum atomic E-state index is -0.366. The van der Waals surface area contributed by atoms with Crippen molar-refractivity contribution in [1.29, 1.82) is 0 Å². The van der Waals surface area contributed by atoms with Crippen LogP contribution in [0.3, 0.4) is 0 Å². The van der Waals surface area contributed by atoms with E-state index in [1.165, 1.54) is 11.9 Å². The van der Waals surface area contributed by atoms with Crippen molar-refractivity contribution in [1.82, 2.24) is 9.99 Å². The number of rotatable bonds is 3. The van der Waals surface area contributed by atoms with Crippen LogP contribution in [0.2, 0.25) is 0 Å². The van der Waals surface area contributed by atoms with E-state index in [1.54, 1.807) is 0 Å². The van der Waals surface area contributed by atoms with Crippen LogP contribution in [-0.4, -0.2) is 34.8 Å². The minimum Gasteiger partial charge on any atom is -0.486 e. The number of amides is 1. The molecule has 3 heterocycles. The molecule has 2 aliphatic heterocycles. The summed E-state index contributed by atoms with van der Waals surface area (Å²) in [5, 5.41) is 7.05. The zero-order valence-electron chi connectivity index (χ0n) is 19.5. The number of ether oxygens (including phenoxy) is 2. The molecule has 6 rings (SSSR count). The number of benzene rings is 3. The van der Waals surface area contributed by atoms with Crippen molar-refractivity contribution >= 4 is 38.5 Å². The highest BCUT2D eigenvalue weighted by molar-refractivity contribution is 9.10. The maximum absolute atomic E-state index is 13.5. The first-order chi connectivity index (χ1) is 17.5. The Bertz CT molecular complexity index is 1600. The molecule has 2 aliphatic rings. The lowest BCUT2D eigenvalue weighted by molar-refractivity contribution is -0.130. The van der Waals surface area contributed by atoms with Crippen LogP contribution in [0.25, 0.3) is 22.0 Å². The van der Waals surface area contributed by atoms with Gasteiger partial charge in [-0.05, 0) is 41.5 Å². The smallest absolute Gasteiger partial charge is 0.258 e. The third kappa shape index (κ3) is 3.87. The number of hydrazone groups is 1. The molecule has 4 aromatic rings. The number of hydrogen-bond acceptors (Lipinski definition) is 5. The Hall–Kier alpha value is -3.91. The molecule has 0 aliphatic carbocycles. The van der Waals surface area contributed by atoms with E-state index in [0.29, 0.717) is 42.4 Å². The van der Waals surface area contributed by atoms with Crippen LogP contribution >= 0.6 is 15.9 Å². The van der Waals surface area contributed by atoms with E-state index in [0.717, 1.165) is 32.1 Å². The van der Waals surface area contributed by atoms with Crippen LogP contribution < -0.4 is 15.0 Å². The van der Waals surface area contributed by atoms with Crippen LogP contribution in [0.5, 0.6) is 11.5 Å². The van der Waals surface area contributed by atoms with Crippen molar-refractivity contribution in [3.63, 3.8) is 0 Å². The first-order valence-corrected chi connectivity index (χ1v) is 12.5. The second-order valence-corrected chi connectivity index (χ2v) is 9.71. The summed E-state index contributed by atoms with van der Waals surface area (Å²) in [6.45, 7) is 2.46. The molecule has 8 heteroatoms. The van der Waals surface area contributed by atoms with Gasteiger partial charge in [0.2, 0.25) is 5.91 Å². The summed E-state index contributed by atoms with van der Waals surface area (Å²) in [6.07, 6.45) is 0.391. The fraction of sp³-hybridized carbons (Fsp3) is 0.179. The van der Waals surface area contributed by atoms with Gasteiger partial charge < -0.3 is 14.5 Å². The molecule has 7 nitrogen and oxygen atoms in total. The van der Waals surface area contributed by atoms with Crippen LogP contribution in [-0.2, 0) is 4.79 Å². The average molecular weight is 544 g/mol. The van der Waals surface area contributed by atoms with Gasteiger partial charge in [-0.15, -0.1) is 0 Å². The summed E-state index contributed by atoms with van der Waals surface area (Å²) < 4.78 is 12.3. The highest BCUT2D eigenvalue weighted by atomic mass is 79.9. The van der Waals surface area contributed by atoms with Gasteiger partial charge in [0.15, 0.2) is 11.5 Å². The van der Waals surface area contributed by atoms with Crippen molar-refractivity contribution in [2.45, 2.75) is 19.4 Å². The van der Waals surface area contributed by atoms with Gasteiger partial charge >= 0.3 is 0 Å². The Morgan fingerprint density at radius 3 is 2.56 bits per heavy atom. The van der Waals surface area contributed by atoms with Crippen molar-refractivity contribution in [2.24, 2.45) is 5.10 Å². The average Bonchev–Trinajstić information content (AvgIpc) is 3.34. The van der Waals surface area contributed by atoms with Gasteiger partial charge in [-0.25, -0.2) is 5.01 Å². The second-order valence-electron chi connectivity index (χ2n) is 8.79. The molecule has 1 aromatic heterocycles. The number of carbonyl (C=O) groups is 1. The standard InChI is InChI=1S/C28H22BrN3O4/c1-16(33)32-23(18-7-10-24-25(13-18)36-12-11-35-24)15-22(31-32)27-26(17-5-3-2-4-6-17)20-14-19(29)8-9-21(20)30-28(27)34/h2-10,13-14,23H,11-12,15H2,1H3,(H,30,34). The van der Waals surface area contributed by atoms with Crippen LogP contribution in [0.15, 0.2) is 81.1 Å². The topological polar surface area (TPSA) is 84.0 Å². The van der Waals surface area contributed by atoms with E-state index in [9.17, 15) is 9.59 Å². The summed E-state index contributed by atoms with van der Waals surface area (Å²) in [4.78, 5) is 29.2. The number of H-pyrrole nitrogens is 1. The number of fused-ring (bicyclic) bond motifs is 2. The summed E-state index contributed by atoms with van der Waals surface area (Å²) in [5.41, 5.74) is 4.09. The first-order valence-electron chi connectivity index (χ1n) is 11.7. The molecule has 1 atom stereocenters. The third-order valence-electron chi connectivity index (χ3n) is 6.51. The Morgan fingerprint density at radius 2 is 1.78 bits per heavy atom. The van der Waals surface area contributed by atoms with E-state index in [-0.39, 0.29) is 17.5 Å². The molecule has 0 fully saturated rings. The minimum absolute atomic E-state index is 0.203. The summed E-state index contributed by atoms with van der Waals surface area (Å²) >= 11 is 3.57. The van der Waals surface area contributed by atoms with Crippen LogP contribution in [0.4, 0.5) is 0 Å². The molecule has 36 heavy (non-hydrogen) atoms. The number of halogens is 1. The maximum atomic E-state index is 13.5. The van der Waals surface area contributed by atoms with E-state index in [4.69, 9.17) is 14.6 Å². The number of hydrogen-bond donors (Lipinski definition) is 1. The largest absolute Gasteiger partial charge is 0.486 e. The number of nitrogens with zero attached hydrogens (tertiary/aromatic N) is 2. The van der Waals surface area contributed by atoms with Gasteiger partial charge in [-0.1, -0.05) is 52.3 Å². The highest BCUT2D eigenvalue weighted by Crippen LogP contribution is 2.40. The number of pyridine rings is 1. The Morgan fingerprint density at radius 1 is 1.00 bits per heavy atom. The lowest BCUT2D eigenvalue weighted by Gasteiger charge is -2.23. The van der Waals surface area contributed by atoms with Gasteiger partial charge in [0, 0.05) is 34.3 Å².